The lowest BCUT2D eigenvalue weighted by molar-refractivity contribution is -0.166. The Kier molecular flexibility index (Phi) is 7.87. The van der Waals surface area contributed by atoms with Gasteiger partial charge in [0, 0.05) is 0 Å². The molecule has 22 heavy (non-hydrogen) atoms. The second kappa shape index (κ2) is 9.13. The molecule has 128 valence electrons. The molecule has 1 rings (SSSR count). The van der Waals surface area contributed by atoms with Gasteiger partial charge in [0.15, 0.2) is 6.79 Å². The topological polar surface area (TPSA) is 61.8 Å². The molecule has 0 atom stereocenters. The quantitative estimate of drug-likeness (QED) is 0.390. The summed E-state index contributed by atoms with van der Waals surface area (Å²) in [5, 5.41) is 0. The van der Waals surface area contributed by atoms with Crippen LogP contribution in [0.15, 0.2) is 0 Å². The first-order valence-corrected chi connectivity index (χ1v) is 8.36. The van der Waals surface area contributed by atoms with Gasteiger partial charge < -0.3 is 14.2 Å². The zero-order chi connectivity index (χ0) is 16.6. The number of carbonyl (C=O) groups excluding carboxylic acids is 2. The third-order valence-electron chi connectivity index (χ3n) is 4.35. The lowest BCUT2D eigenvalue weighted by Gasteiger charge is -2.30. The van der Waals surface area contributed by atoms with Crippen molar-refractivity contribution in [1.29, 1.82) is 0 Å². The van der Waals surface area contributed by atoms with Crippen LogP contribution in [0.3, 0.4) is 0 Å². The monoisotopic (exact) mass is 314 g/mol. The molecule has 0 aromatic carbocycles. The van der Waals surface area contributed by atoms with E-state index in [0.717, 1.165) is 25.7 Å². The van der Waals surface area contributed by atoms with Crippen LogP contribution in [0.25, 0.3) is 0 Å². The largest absolute Gasteiger partial charge is 0.462 e. The van der Waals surface area contributed by atoms with E-state index in [1.807, 2.05) is 27.7 Å². The van der Waals surface area contributed by atoms with Crippen LogP contribution in [0.5, 0.6) is 0 Å². The fourth-order valence-electron chi connectivity index (χ4n) is 2.29. The van der Waals surface area contributed by atoms with Crippen LogP contribution in [-0.2, 0) is 23.8 Å². The van der Waals surface area contributed by atoms with E-state index < -0.39 is 5.41 Å². The molecule has 0 aromatic heterocycles. The second-order valence-electron chi connectivity index (χ2n) is 6.61. The van der Waals surface area contributed by atoms with Crippen LogP contribution in [0.2, 0.25) is 0 Å². The van der Waals surface area contributed by atoms with Crippen LogP contribution >= 0.6 is 0 Å². The summed E-state index contributed by atoms with van der Waals surface area (Å²) in [6.07, 6.45) is 4.45. The molecule has 1 aliphatic carbocycles. The molecule has 5 heteroatoms. The Morgan fingerprint density at radius 3 is 2.27 bits per heavy atom. The molecule has 0 heterocycles. The molecule has 0 unspecified atom stereocenters. The van der Waals surface area contributed by atoms with Crippen molar-refractivity contribution in [3.05, 3.63) is 0 Å². The van der Waals surface area contributed by atoms with Gasteiger partial charge in [0.05, 0.1) is 17.9 Å². The van der Waals surface area contributed by atoms with E-state index in [0.29, 0.717) is 19.4 Å². The first-order valence-electron chi connectivity index (χ1n) is 8.36. The Labute approximate surface area is 133 Å². The highest BCUT2D eigenvalue weighted by Gasteiger charge is 2.33. The summed E-state index contributed by atoms with van der Waals surface area (Å²) in [5.41, 5.74) is -0.438. The highest BCUT2D eigenvalue weighted by molar-refractivity contribution is 5.76. The molecule has 0 N–H and O–H groups in total. The normalized spacial score (nSPS) is 22.2. The number of hydrogen-bond acceptors (Lipinski definition) is 5. The standard InChI is InChI=1S/C17H30O5/c1-5-11-20-12-21-15(18)13-7-9-14(10-8-13)22-16(19)17(3,4)6-2/h13-14H,5-12H2,1-4H3. The van der Waals surface area contributed by atoms with Gasteiger partial charge in [0.25, 0.3) is 0 Å². The van der Waals surface area contributed by atoms with Gasteiger partial charge >= 0.3 is 11.9 Å². The van der Waals surface area contributed by atoms with Crippen LogP contribution in [0.1, 0.15) is 66.2 Å². The van der Waals surface area contributed by atoms with Gasteiger partial charge in [-0.05, 0) is 52.4 Å². The predicted octanol–water partition coefficient (Wildman–Crippen LogP) is 3.45. The second-order valence-corrected chi connectivity index (χ2v) is 6.61. The van der Waals surface area contributed by atoms with Gasteiger partial charge in [0.2, 0.25) is 0 Å². The van der Waals surface area contributed by atoms with Gasteiger partial charge in [0.1, 0.15) is 6.10 Å². The number of rotatable bonds is 8. The van der Waals surface area contributed by atoms with Crippen molar-refractivity contribution >= 4 is 11.9 Å². The maximum atomic E-state index is 12.1. The minimum absolute atomic E-state index is 0.0340. The summed E-state index contributed by atoms with van der Waals surface area (Å²) in [4.78, 5) is 23.9. The minimum Gasteiger partial charge on any atom is -0.462 e. The van der Waals surface area contributed by atoms with E-state index in [1.165, 1.54) is 0 Å². The van der Waals surface area contributed by atoms with Crippen molar-refractivity contribution in [2.75, 3.05) is 13.4 Å². The highest BCUT2D eigenvalue weighted by atomic mass is 16.7. The van der Waals surface area contributed by atoms with Crippen molar-refractivity contribution in [3.63, 3.8) is 0 Å². The number of carbonyl (C=O) groups is 2. The summed E-state index contributed by atoms with van der Waals surface area (Å²) >= 11 is 0. The molecule has 1 saturated carbocycles. The summed E-state index contributed by atoms with van der Waals surface area (Å²) in [5.74, 6) is -0.442. The molecule has 1 aliphatic rings. The molecule has 0 aliphatic heterocycles. The Hall–Kier alpha value is -1.10. The Morgan fingerprint density at radius 1 is 1.09 bits per heavy atom. The molecule has 0 bridgehead atoms. The third kappa shape index (κ3) is 5.95. The van der Waals surface area contributed by atoms with E-state index in [2.05, 4.69) is 0 Å². The van der Waals surface area contributed by atoms with E-state index in [1.54, 1.807) is 0 Å². The van der Waals surface area contributed by atoms with Gasteiger partial charge in [-0.2, -0.15) is 0 Å². The fraction of sp³-hybridized carbons (Fsp3) is 0.882. The molecule has 0 radical (unpaired) electrons. The molecular formula is C17H30O5. The van der Waals surface area contributed by atoms with E-state index >= 15 is 0 Å². The summed E-state index contributed by atoms with van der Waals surface area (Å²) in [6.45, 7) is 8.41. The van der Waals surface area contributed by atoms with Crippen molar-refractivity contribution in [1.82, 2.24) is 0 Å². The zero-order valence-electron chi connectivity index (χ0n) is 14.4. The Balaban J connectivity index is 2.28. The average Bonchev–Trinajstić information content (AvgIpc) is 2.52. The summed E-state index contributed by atoms with van der Waals surface area (Å²) in [7, 11) is 0. The summed E-state index contributed by atoms with van der Waals surface area (Å²) in [6, 6.07) is 0. The van der Waals surface area contributed by atoms with Crippen molar-refractivity contribution in [2.24, 2.45) is 11.3 Å². The third-order valence-corrected chi connectivity index (χ3v) is 4.35. The zero-order valence-corrected chi connectivity index (χ0v) is 14.4. The lowest BCUT2D eigenvalue weighted by Crippen LogP contribution is -2.33. The molecule has 5 nitrogen and oxygen atoms in total. The number of hydrogen-bond donors (Lipinski definition) is 0. The molecule has 0 amide bonds. The fourth-order valence-corrected chi connectivity index (χ4v) is 2.29. The number of esters is 2. The van der Waals surface area contributed by atoms with Crippen LogP contribution in [0, 0.1) is 11.3 Å². The first-order chi connectivity index (χ1) is 10.4. The van der Waals surface area contributed by atoms with E-state index in [-0.39, 0.29) is 30.8 Å². The molecular weight excluding hydrogens is 284 g/mol. The van der Waals surface area contributed by atoms with Gasteiger partial charge in [-0.25, -0.2) is 0 Å². The minimum atomic E-state index is -0.438. The lowest BCUT2D eigenvalue weighted by atomic mass is 9.86. The molecule has 0 saturated heterocycles. The van der Waals surface area contributed by atoms with Gasteiger partial charge in [-0.1, -0.05) is 13.8 Å². The molecule has 0 aromatic rings. The SMILES string of the molecule is CCCOCOC(=O)C1CCC(OC(=O)C(C)(C)CC)CC1. The Morgan fingerprint density at radius 2 is 1.73 bits per heavy atom. The van der Waals surface area contributed by atoms with Gasteiger partial charge in [-0.15, -0.1) is 0 Å². The number of ether oxygens (including phenoxy) is 3. The van der Waals surface area contributed by atoms with E-state index in [9.17, 15) is 9.59 Å². The molecule has 0 spiro atoms. The summed E-state index contributed by atoms with van der Waals surface area (Å²) < 4.78 is 15.8. The van der Waals surface area contributed by atoms with Crippen molar-refractivity contribution < 1.29 is 23.8 Å². The average molecular weight is 314 g/mol. The van der Waals surface area contributed by atoms with Crippen LogP contribution in [-0.4, -0.2) is 31.4 Å². The van der Waals surface area contributed by atoms with Crippen molar-refractivity contribution in [3.8, 4) is 0 Å². The first kappa shape index (κ1) is 18.9. The maximum Gasteiger partial charge on any atom is 0.311 e. The van der Waals surface area contributed by atoms with Crippen molar-refractivity contribution in [2.45, 2.75) is 72.3 Å². The maximum absolute atomic E-state index is 12.1. The molecule has 1 fully saturated rings. The highest BCUT2D eigenvalue weighted by Crippen LogP contribution is 2.30. The van der Waals surface area contributed by atoms with Crippen LogP contribution < -0.4 is 0 Å². The van der Waals surface area contributed by atoms with Gasteiger partial charge in [-0.3, -0.25) is 9.59 Å². The Bertz CT molecular complexity index is 356. The van der Waals surface area contributed by atoms with Crippen LogP contribution in [0.4, 0.5) is 0 Å². The smallest absolute Gasteiger partial charge is 0.311 e. The van der Waals surface area contributed by atoms with E-state index in [4.69, 9.17) is 14.2 Å². The predicted molar refractivity (Wildman–Crippen MR) is 83.1 cm³/mol.